The third-order valence-corrected chi connectivity index (χ3v) is 2.42. The molecule has 0 aromatic carbocycles. The molecule has 28 heavy (non-hydrogen) atoms. The number of alkyl halides is 16. The molecule has 0 N–H and O–H groups in total. The summed E-state index contributed by atoms with van der Waals surface area (Å²) in [6.45, 7) is 0. The highest BCUT2D eigenvalue weighted by atomic mass is 19.4. The minimum Gasteiger partial charge on any atom is -0.261 e. The number of rotatable bonds is 6. The van der Waals surface area contributed by atoms with Crippen LogP contribution in [0.25, 0.3) is 0 Å². The maximum atomic E-state index is 13.0. The van der Waals surface area contributed by atoms with Gasteiger partial charge in [0.1, 0.15) is 0 Å². The Morgan fingerprint density at radius 1 is 0.643 bits per heavy atom. The molecule has 0 saturated carbocycles. The second-order valence-electron chi connectivity index (χ2n) is 4.37. The molecule has 0 fully saturated rings. The Kier molecular flexibility index (Phi) is 6.35. The van der Waals surface area contributed by atoms with Crippen LogP contribution in [0.4, 0.5) is 74.6 Å². The van der Waals surface area contributed by atoms with Gasteiger partial charge in [-0.2, -0.15) is 74.6 Å². The van der Waals surface area contributed by atoms with Gasteiger partial charge >= 0.3 is 48.7 Å². The number of ether oxygens (including phenoxy) is 1. The fraction of sp³-hybridized carbons (Fsp3) is 0.875. The van der Waals surface area contributed by atoms with E-state index in [1.807, 2.05) is 0 Å². The van der Waals surface area contributed by atoms with E-state index in [0.717, 1.165) is 0 Å². The highest BCUT2D eigenvalue weighted by molar-refractivity contribution is 5.77. The van der Waals surface area contributed by atoms with E-state index in [-0.39, 0.29) is 0 Å². The van der Waals surface area contributed by atoms with Gasteiger partial charge in [0.05, 0.1) is 0 Å². The van der Waals surface area contributed by atoms with Crippen molar-refractivity contribution in [3.8, 4) is 0 Å². The topological polar surface area (TPSA) is 29.5 Å². The van der Waals surface area contributed by atoms with Crippen molar-refractivity contribution in [1.82, 2.24) is 4.90 Å². The summed E-state index contributed by atoms with van der Waals surface area (Å²) in [6, 6.07) is -12.9. The molecule has 0 saturated heterocycles. The number of hydrogen-bond donors (Lipinski definition) is 0. The molecule has 0 rings (SSSR count). The molecule has 0 spiro atoms. The monoisotopic (exact) mass is 465 g/mol. The normalized spacial score (nSPS) is 17.6. The smallest absolute Gasteiger partial charge is 0.261 e. The van der Waals surface area contributed by atoms with Crippen LogP contribution in [-0.4, -0.2) is 53.6 Å². The second kappa shape index (κ2) is 6.73. The Labute approximate surface area is 139 Å². The van der Waals surface area contributed by atoms with Gasteiger partial charge in [0.2, 0.25) is 0 Å². The van der Waals surface area contributed by atoms with E-state index in [2.05, 4.69) is 0 Å². The summed E-state index contributed by atoms with van der Waals surface area (Å²) in [7, 11) is 0. The first-order valence-electron chi connectivity index (χ1n) is 5.50. The lowest BCUT2D eigenvalue weighted by molar-refractivity contribution is -0.517. The van der Waals surface area contributed by atoms with E-state index in [9.17, 15) is 79.4 Å². The number of carbonyl (C=O) groups excluding carboxylic acids is 1. The average molecular weight is 465 g/mol. The average Bonchev–Trinajstić information content (AvgIpc) is 2.31. The van der Waals surface area contributed by atoms with Gasteiger partial charge in [-0.25, -0.2) is 0 Å². The van der Waals surface area contributed by atoms with Gasteiger partial charge in [-0.3, -0.25) is 9.53 Å². The summed E-state index contributed by atoms with van der Waals surface area (Å²) in [4.78, 5) is 5.33. The Balaban J connectivity index is 6.50. The van der Waals surface area contributed by atoms with Crippen LogP contribution in [0.2, 0.25) is 0 Å². The summed E-state index contributed by atoms with van der Waals surface area (Å²) >= 11 is 0. The van der Waals surface area contributed by atoms with Gasteiger partial charge in [-0.15, -0.1) is 0 Å². The maximum Gasteiger partial charge on any atom is 0.472 e. The molecule has 0 aliphatic rings. The van der Waals surface area contributed by atoms with Gasteiger partial charge in [0.25, 0.3) is 0 Å². The van der Waals surface area contributed by atoms with Crippen molar-refractivity contribution < 1.29 is 84.2 Å². The number of halogens is 17. The minimum absolute atomic E-state index is 1.34. The highest BCUT2D eigenvalue weighted by Crippen LogP contribution is 2.55. The first kappa shape index (κ1) is 26.4. The molecule has 0 bridgehead atoms. The molecule has 0 heterocycles. The molecule has 168 valence electrons. The van der Waals surface area contributed by atoms with Gasteiger partial charge in [-0.05, 0) is 0 Å². The molecule has 3 nitrogen and oxygen atoms in total. The van der Waals surface area contributed by atoms with E-state index in [4.69, 9.17) is 0 Å². The van der Waals surface area contributed by atoms with Gasteiger partial charge in [-0.1, -0.05) is 4.90 Å². The largest absolute Gasteiger partial charge is 0.472 e. The Morgan fingerprint density at radius 3 is 1.18 bits per heavy atom. The van der Waals surface area contributed by atoms with Crippen LogP contribution in [0.15, 0.2) is 0 Å². The third kappa shape index (κ3) is 4.35. The SMILES string of the molecule is O=C(F)C(F)(OC(F)(F)C(F)(F)C(F)(F)N(C(F)(F)F)C(F)(F)F)C(F)(F)F. The number of hydrogen-bond acceptors (Lipinski definition) is 3. The number of carbonyl (C=O) groups is 1. The summed E-state index contributed by atoms with van der Waals surface area (Å²) in [5.41, 5.74) is 0. The summed E-state index contributed by atoms with van der Waals surface area (Å²) in [5, 5.41) is 0. The first-order valence-corrected chi connectivity index (χ1v) is 5.50. The van der Waals surface area contributed by atoms with Gasteiger partial charge < -0.3 is 0 Å². The molecule has 1 unspecified atom stereocenters. The quantitative estimate of drug-likeness (QED) is 0.318. The fourth-order valence-electron chi connectivity index (χ4n) is 1.23. The molecule has 0 amide bonds. The molecule has 0 aromatic rings. The lowest BCUT2D eigenvalue weighted by atomic mass is 10.2. The second-order valence-corrected chi connectivity index (χ2v) is 4.37. The summed E-state index contributed by atoms with van der Waals surface area (Å²) < 4.78 is 212. The van der Waals surface area contributed by atoms with Crippen LogP contribution >= 0.6 is 0 Å². The van der Waals surface area contributed by atoms with E-state index < -0.39 is 53.6 Å². The molecular formula is C8F17NO2. The zero-order chi connectivity index (χ0) is 23.4. The molecule has 0 aliphatic carbocycles. The first-order chi connectivity index (χ1) is 11.8. The predicted octanol–water partition coefficient (Wildman–Crippen LogP) is 4.89. The van der Waals surface area contributed by atoms with Gasteiger partial charge in [0, 0.05) is 0 Å². The van der Waals surface area contributed by atoms with Crippen molar-refractivity contribution in [1.29, 1.82) is 0 Å². The summed E-state index contributed by atoms with van der Waals surface area (Å²) in [5.74, 6) is -15.4. The van der Waals surface area contributed by atoms with E-state index >= 15 is 0 Å². The van der Waals surface area contributed by atoms with Crippen molar-refractivity contribution >= 4 is 6.04 Å². The predicted molar refractivity (Wildman–Crippen MR) is 45.9 cm³/mol. The van der Waals surface area contributed by atoms with Crippen molar-refractivity contribution in [3.05, 3.63) is 0 Å². The van der Waals surface area contributed by atoms with Crippen molar-refractivity contribution in [2.45, 2.75) is 42.7 Å². The van der Waals surface area contributed by atoms with Crippen LogP contribution in [0.1, 0.15) is 0 Å². The zero-order valence-corrected chi connectivity index (χ0v) is 11.7. The Morgan fingerprint density at radius 2 is 0.964 bits per heavy atom. The van der Waals surface area contributed by atoms with E-state index in [1.165, 1.54) is 4.74 Å². The molecule has 0 aliphatic heterocycles. The lowest BCUT2D eigenvalue weighted by Crippen LogP contribution is -2.70. The molecule has 0 radical (unpaired) electrons. The molecule has 20 heteroatoms. The molecular weight excluding hydrogens is 465 g/mol. The van der Waals surface area contributed by atoms with Crippen LogP contribution in [0, 0.1) is 0 Å². The van der Waals surface area contributed by atoms with Gasteiger partial charge in [0.15, 0.2) is 0 Å². The van der Waals surface area contributed by atoms with Crippen LogP contribution in [0.5, 0.6) is 0 Å². The lowest BCUT2D eigenvalue weighted by Gasteiger charge is -2.40. The third-order valence-electron chi connectivity index (χ3n) is 2.42. The van der Waals surface area contributed by atoms with Crippen molar-refractivity contribution in [2.75, 3.05) is 0 Å². The molecule has 0 aromatic heterocycles. The minimum atomic E-state index is -8.27. The van der Waals surface area contributed by atoms with Crippen LogP contribution < -0.4 is 0 Å². The maximum absolute atomic E-state index is 13.0. The zero-order valence-electron chi connectivity index (χ0n) is 11.7. The van der Waals surface area contributed by atoms with Crippen LogP contribution in [0.3, 0.4) is 0 Å². The van der Waals surface area contributed by atoms with E-state index in [0.29, 0.717) is 0 Å². The Bertz CT molecular complexity index is 573. The van der Waals surface area contributed by atoms with E-state index in [1.54, 1.807) is 0 Å². The number of nitrogens with zero attached hydrogens (tertiary/aromatic N) is 1. The van der Waals surface area contributed by atoms with Crippen molar-refractivity contribution in [2.24, 2.45) is 0 Å². The fourth-order valence-corrected chi connectivity index (χ4v) is 1.23. The highest BCUT2D eigenvalue weighted by Gasteiger charge is 2.85. The van der Waals surface area contributed by atoms with Crippen LogP contribution in [-0.2, 0) is 9.53 Å². The standard InChI is InChI=1S/C8F17NO2/c9-1(27)2(10,4(13,14)15)28-6(18,19)3(11,12)5(16,17)26(7(20,21)22)8(23,24)25. The van der Waals surface area contributed by atoms with Crippen molar-refractivity contribution in [3.63, 3.8) is 0 Å². The molecule has 1 atom stereocenters. The summed E-state index contributed by atoms with van der Waals surface area (Å²) in [6.07, 6.45) is -30.5. The Hall–Kier alpha value is -1.60.